The van der Waals surface area contributed by atoms with Crippen LogP contribution in [0, 0.1) is 0 Å². The Morgan fingerprint density at radius 1 is 0.355 bits per heavy atom. The fraction of sp³-hybridized carbons (Fsp3) is 0.612. The standard InChI is InChI=1S/C49H74O13/c1-2-3-4-5-15-22-48(50)61-43-41-59-39-37-57-35-33-55-31-29-53-27-25-51-23-24-52-26-28-54-30-32-56-34-36-58-38-40-60-42-44-62-49(45-16-9-6-10-17-45,46-18-11-7-12-19-46)47-20-13-8-14-21-47/h6-14,16-21H,2-5,15,22-44H2,1H3. The molecule has 0 atom stereocenters. The summed E-state index contributed by atoms with van der Waals surface area (Å²) in [7, 11) is 0. The van der Waals surface area contributed by atoms with Crippen molar-refractivity contribution in [2.45, 2.75) is 51.0 Å². The van der Waals surface area contributed by atoms with Crippen molar-refractivity contribution in [2.24, 2.45) is 0 Å². The van der Waals surface area contributed by atoms with Crippen molar-refractivity contribution in [2.75, 3.05) is 145 Å². The second-order valence-corrected chi connectivity index (χ2v) is 14.1. The number of ether oxygens (including phenoxy) is 12. The second kappa shape index (κ2) is 38.2. The van der Waals surface area contributed by atoms with Crippen LogP contribution >= 0.6 is 0 Å². The van der Waals surface area contributed by atoms with Crippen LogP contribution in [0.25, 0.3) is 0 Å². The smallest absolute Gasteiger partial charge is 0.305 e. The fourth-order valence-electron chi connectivity index (χ4n) is 6.26. The van der Waals surface area contributed by atoms with Crippen molar-refractivity contribution < 1.29 is 61.6 Å². The highest BCUT2D eigenvalue weighted by molar-refractivity contribution is 5.69. The summed E-state index contributed by atoms with van der Waals surface area (Å²) >= 11 is 0. The summed E-state index contributed by atoms with van der Waals surface area (Å²) in [5.74, 6) is -0.149. The van der Waals surface area contributed by atoms with Gasteiger partial charge in [0, 0.05) is 6.42 Å². The van der Waals surface area contributed by atoms with Crippen LogP contribution < -0.4 is 0 Å². The zero-order valence-corrected chi connectivity index (χ0v) is 37.3. The molecule has 0 spiro atoms. The average Bonchev–Trinajstić information content (AvgIpc) is 3.31. The summed E-state index contributed by atoms with van der Waals surface area (Å²) in [5.41, 5.74) is 2.44. The summed E-state index contributed by atoms with van der Waals surface area (Å²) in [5, 5.41) is 0. The Morgan fingerprint density at radius 3 is 0.935 bits per heavy atom. The van der Waals surface area contributed by atoms with Crippen LogP contribution in [0.2, 0.25) is 0 Å². The van der Waals surface area contributed by atoms with E-state index in [0.29, 0.717) is 145 Å². The minimum Gasteiger partial charge on any atom is -0.463 e. The molecule has 13 heteroatoms. The first-order valence-electron chi connectivity index (χ1n) is 22.5. The minimum atomic E-state index is -0.756. The van der Waals surface area contributed by atoms with Gasteiger partial charge >= 0.3 is 5.97 Å². The van der Waals surface area contributed by atoms with Gasteiger partial charge in [-0.05, 0) is 23.1 Å². The molecule has 13 nitrogen and oxygen atoms in total. The van der Waals surface area contributed by atoms with Gasteiger partial charge in [0.1, 0.15) is 12.2 Å². The molecule has 0 aliphatic carbocycles. The summed E-state index contributed by atoms with van der Waals surface area (Å²) in [4.78, 5) is 11.7. The quantitative estimate of drug-likeness (QED) is 0.0327. The number of hydrogen-bond donors (Lipinski definition) is 0. The molecule has 0 bridgehead atoms. The van der Waals surface area contributed by atoms with Gasteiger partial charge in [0.15, 0.2) is 0 Å². The van der Waals surface area contributed by atoms with Crippen LogP contribution in [-0.2, 0) is 67.2 Å². The van der Waals surface area contributed by atoms with E-state index in [1.807, 2.05) is 54.6 Å². The Hall–Kier alpha value is -3.31. The van der Waals surface area contributed by atoms with E-state index in [1.54, 1.807) is 0 Å². The lowest BCUT2D eigenvalue weighted by Crippen LogP contribution is -2.34. The molecule has 0 aromatic heterocycles. The first-order chi connectivity index (χ1) is 30.8. The van der Waals surface area contributed by atoms with E-state index in [1.165, 1.54) is 19.3 Å². The number of benzene rings is 3. The molecule has 0 radical (unpaired) electrons. The molecule has 0 unspecified atom stereocenters. The lowest BCUT2D eigenvalue weighted by molar-refractivity contribution is -0.145. The largest absolute Gasteiger partial charge is 0.463 e. The van der Waals surface area contributed by atoms with Gasteiger partial charge in [-0.15, -0.1) is 0 Å². The highest BCUT2D eigenvalue weighted by atomic mass is 16.6. The molecule has 3 rings (SSSR count). The van der Waals surface area contributed by atoms with Crippen molar-refractivity contribution in [3.8, 4) is 0 Å². The average molecular weight is 871 g/mol. The Labute approximate surface area is 370 Å². The zero-order valence-electron chi connectivity index (χ0n) is 37.3. The van der Waals surface area contributed by atoms with Gasteiger partial charge in [-0.3, -0.25) is 4.79 Å². The van der Waals surface area contributed by atoms with Gasteiger partial charge in [-0.1, -0.05) is 124 Å². The molecule has 3 aromatic rings. The van der Waals surface area contributed by atoms with Gasteiger partial charge in [0.25, 0.3) is 0 Å². The predicted octanol–water partition coefficient (Wildman–Crippen LogP) is 7.06. The molecule has 0 aliphatic heterocycles. The number of carbonyl (C=O) groups excluding carboxylic acids is 1. The van der Waals surface area contributed by atoms with Crippen molar-refractivity contribution >= 4 is 5.97 Å². The first-order valence-corrected chi connectivity index (χ1v) is 22.5. The molecule has 0 aliphatic rings. The van der Waals surface area contributed by atoms with Crippen LogP contribution in [0.15, 0.2) is 91.0 Å². The predicted molar refractivity (Wildman–Crippen MR) is 238 cm³/mol. The zero-order chi connectivity index (χ0) is 43.7. The lowest BCUT2D eigenvalue weighted by atomic mass is 9.80. The fourth-order valence-corrected chi connectivity index (χ4v) is 6.26. The Kier molecular flexibility index (Phi) is 32.7. The van der Waals surface area contributed by atoms with Gasteiger partial charge < -0.3 is 56.8 Å². The molecule has 0 saturated carbocycles. The third kappa shape index (κ3) is 25.1. The molecular weight excluding hydrogens is 797 g/mol. The number of esters is 1. The number of carbonyl (C=O) groups is 1. The highest BCUT2D eigenvalue weighted by Crippen LogP contribution is 2.40. The topological polar surface area (TPSA) is 128 Å². The van der Waals surface area contributed by atoms with Crippen LogP contribution in [-0.4, -0.2) is 151 Å². The number of hydrogen-bond acceptors (Lipinski definition) is 13. The Bertz CT molecular complexity index is 1320. The summed E-state index contributed by atoms with van der Waals surface area (Å²) < 4.78 is 67.6. The monoisotopic (exact) mass is 871 g/mol. The van der Waals surface area contributed by atoms with E-state index in [0.717, 1.165) is 29.5 Å². The molecule has 0 fully saturated rings. The maximum absolute atomic E-state index is 11.7. The number of unbranched alkanes of at least 4 members (excludes halogenated alkanes) is 4. The minimum absolute atomic E-state index is 0.149. The summed E-state index contributed by atoms with van der Waals surface area (Å²) in [6.45, 7) is 12.4. The van der Waals surface area contributed by atoms with E-state index in [-0.39, 0.29) is 12.6 Å². The second-order valence-electron chi connectivity index (χ2n) is 14.1. The van der Waals surface area contributed by atoms with E-state index in [4.69, 9.17) is 56.8 Å². The van der Waals surface area contributed by atoms with Gasteiger partial charge in [-0.25, -0.2) is 0 Å². The van der Waals surface area contributed by atoms with E-state index >= 15 is 0 Å². The van der Waals surface area contributed by atoms with E-state index in [9.17, 15) is 4.79 Å². The molecule has 0 saturated heterocycles. The molecule has 0 heterocycles. The van der Waals surface area contributed by atoms with Crippen molar-refractivity contribution in [1.29, 1.82) is 0 Å². The maximum Gasteiger partial charge on any atom is 0.305 e. The molecular formula is C49H74O13. The molecule has 62 heavy (non-hydrogen) atoms. The van der Waals surface area contributed by atoms with Crippen molar-refractivity contribution in [3.05, 3.63) is 108 Å². The Balaban J connectivity index is 1.00. The third-order valence-electron chi connectivity index (χ3n) is 9.41. The normalized spacial score (nSPS) is 11.6. The van der Waals surface area contributed by atoms with Crippen LogP contribution in [0.5, 0.6) is 0 Å². The Morgan fingerprint density at radius 2 is 0.629 bits per heavy atom. The summed E-state index contributed by atoms with van der Waals surface area (Å²) in [6.07, 6.45) is 6.05. The van der Waals surface area contributed by atoms with Gasteiger partial charge in [0.05, 0.1) is 139 Å². The van der Waals surface area contributed by atoms with Gasteiger partial charge in [0.2, 0.25) is 0 Å². The van der Waals surface area contributed by atoms with E-state index in [2.05, 4.69) is 43.3 Å². The SMILES string of the molecule is CCCCCCCC(=O)OCCOCCOCCOCCOCCOCCOCCOCCOCCOCCOCCOC(c1ccccc1)(c1ccccc1)c1ccccc1. The van der Waals surface area contributed by atoms with E-state index < -0.39 is 5.60 Å². The van der Waals surface area contributed by atoms with Crippen LogP contribution in [0.4, 0.5) is 0 Å². The number of rotatable bonds is 43. The maximum atomic E-state index is 11.7. The molecule has 0 N–H and O–H groups in total. The van der Waals surface area contributed by atoms with Gasteiger partial charge in [-0.2, -0.15) is 0 Å². The molecule has 348 valence electrons. The first kappa shape index (κ1) is 53.0. The third-order valence-corrected chi connectivity index (χ3v) is 9.41. The van der Waals surface area contributed by atoms with Crippen LogP contribution in [0.3, 0.4) is 0 Å². The lowest BCUT2D eigenvalue weighted by Gasteiger charge is -2.36. The highest BCUT2D eigenvalue weighted by Gasteiger charge is 2.37. The summed E-state index contributed by atoms with van der Waals surface area (Å²) in [6, 6.07) is 31.0. The molecule has 3 aromatic carbocycles. The van der Waals surface area contributed by atoms with Crippen LogP contribution in [0.1, 0.15) is 62.1 Å². The molecule has 0 amide bonds. The van der Waals surface area contributed by atoms with Crippen molar-refractivity contribution in [3.63, 3.8) is 0 Å². The van der Waals surface area contributed by atoms with Crippen molar-refractivity contribution in [1.82, 2.24) is 0 Å².